The number of hydrogen-bond acceptors (Lipinski definition) is 2. The van der Waals surface area contributed by atoms with E-state index in [4.69, 9.17) is 23.2 Å². The van der Waals surface area contributed by atoms with Crippen LogP contribution in [0, 0.1) is 0 Å². The zero-order chi connectivity index (χ0) is 22.9. The largest absolute Gasteiger partial charge is 0.416 e. The van der Waals surface area contributed by atoms with Crippen LogP contribution in [0.15, 0.2) is 72.9 Å². The van der Waals surface area contributed by atoms with Gasteiger partial charge in [-0.25, -0.2) is 4.68 Å². The van der Waals surface area contributed by atoms with Gasteiger partial charge in [-0.1, -0.05) is 53.5 Å². The third-order valence-corrected chi connectivity index (χ3v) is 5.82. The van der Waals surface area contributed by atoms with Gasteiger partial charge >= 0.3 is 6.18 Å². The molecule has 1 aromatic heterocycles. The van der Waals surface area contributed by atoms with Crippen LogP contribution in [0.3, 0.4) is 0 Å². The third kappa shape index (κ3) is 4.47. The van der Waals surface area contributed by atoms with E-state index in [1.54, 1.807) is 29.1 Å². The van der Waals surface area contributed by atoms with Gasteiger partial charge < -0.3 is 5.32 Å². The van der Waals surface area contributed by atoms with E-state index in [9.17, 15) is 13.2 Å². The summed E-state index contributed by atoms with van der Waals surface area (Å²) in [6.07, 6.45) is -0.730. The Balaban J connectivity index is 1.64. The lowest BCUT2D eigenvalue weighted by Crippen LogP contribution is -2.13. The Morgan fingerprint density at radius 2 is 1.81 bits per heavy atom. The van der Waals surface area contributed by atoms with Crippen molar-refractivity contribution in [1.29, 1.82) is 0 Å². The predicted molar refractivity (Wildman–Crippen MR) is 123 cm³/mol. The molecule has 32 heavy (non-hydrogen) atoms. The van der Waals surface area contributed by atoms with Crippen LogP contribution >= 0.6 is 23.2 Å². The summed E-state index contributed by atoms with van der Waals surface area (Å²) in [7, 11) is 0. The maximum absolute atomic E-state index is 13.0. The SMILES string of the molecule is C/C=C(\NCc1cccc(C(F)(F)F)c1)c1cccc2c1cnn2-c1ccc(Cl)c(Cl)c1. The lowest BCUT2D eigenvalue weighted by molar-refractivity contribution is -0.137. The molecule has 164 valence electrons. The highest BCUT2D eigenvalue weighted by Gasteiger charge is 2.30. The van der Waals surface area contributed by atoms with E-state index in [0.717, 1.165) is 40.0 Å². The lowest BCUT2D eigenvalue weighted by atomic mass is 10.1. The number of benzene rings is 3. The molecule has 0 radical (unpaired) electrons. The second kappa shape index (κ2) is 8.88. The first-order chi connectivity index (χ1) is 15.3. The molecule has 1 heterocycles. The topological polar surface area (TPSA) is 29.9 Å². The second-order valence-electron chi connectivity index (χ2n) is 7.15. The van der Waals surface area contributed by atoms with Crippen molar-refractivity contribution in [2.24, 2.45) is 0 Å². The molecule has 0 amide bonds. The number of halogens is 5. The molecule has 0 aliphatic rings. The van der Waals surface area contributed by atoms with Gasteiger partial charge in [-0.2, -0.15) is 18.3 Å². The molecule has 3 nitrogen and oxygen atoms in total. The van der Waals surface area contributed by atoms with Crippen LogP contribution in [0.25, 0.3) is 22.3 Å². The molecular weight excluding hydrogens is 458 g/mol. The first kappa shape index (κ1) is 22.2. The van der Waals surface area contributed by atoms with Crippen molar-refractivity contribution >= 4 is 39.8 Å². The van der Waals surface area contributed by atoms with Gasteiger partial charge in [0.15, 0.2) is 0 Å². The molecule has 0 aliphatic heterocycles. The van der Waals surface area contributed by atoms with Crippen molar-refractivity contribution in [2.45, 2.75) is 19.6 Å². The summed E-state index contributed by atoms with van der Waals surface area (Å²) in [5, 5.41) is 9.55. The maximum atomic E-state index is 13.0. The van der Waals surface area contributed by atoms with Crippen LogP contribution < -0.4 is 5.32 Å². The molecule has 8 heteroatoms. The minimum atomic E-state index is -4.37. The number of nitrogens with zero attached hydrogens (tertiary/aromatic N) is 2. The van der Waals surface area contributed by atoms with E-state index in [0.29, 0.717) is 15.6 Å². The molecule has 0 bridgehead atoms. The van der Waals surface area contributed by atoms with Crippen molar-refractivity contribution in [1.82, 2.24) is 15.1 Å². The molecule has 0 unspecified atom stereocenters. The summed E-state index contributed by atoms with van der Waals surface area (Å²) in [6, 6.07) is 16.4. The molecule has 4 aromatic rings. The molecular formula is C24H18Cl2F3N3. The summed E-state index contributed by atoms with van der Waals surface area (Å²) in [5.41, 5.74) is 3.19. The van der Waals surface area contributed by atoms with Crippen molar-refractivity contribution in [3.8, 4) is 5.69 Å². The van der Waals surface area contributed by atoms with Crippen molar-refractivity contribution in [2.75, 3.05) is 0 Å². The Morgan fingerprint density at radius 3 is 2.53 bits per heavy atom. The quantitative estimate of drug-likeness (QED) is 0.323. The summed E-state index contributed by atoms with van der Waals surface area (Å²) in [5.74, 6) is 0. The molecule has 0 atom stereocenters. The smallest absolute Gasteiger partial charge is 0.381 e. The number of rotatable bonds is 5. The molecule has 4 rings (SSSR count). The number of hydrogen-bond donors (Lipinski definition) is 1. The summed E-state index contributed by atoms with van der Waals surface area (Å²) >= 11 is 12.2. The Kier molecular flexibility index (Phi) is 6.17. The van der Waals surface area contributed by atoms with Crippen LogP contribution in [0.5, 0.6) is 0 Å². The van der Waals surface area contributed by atoms with Crippen molar-refractivity contribution in [3.05, 3.63) is 99.7 Å². The first-order valence-electron chi connectivity index (χ1n) is 9.77. The highest BCUT2D eigenvalue weighted by molar-refractivity contribution is 6.42. The molecule has 1 N–H and O–H groups in total. The van der Waals surface area contributed by atoms with Gasteiger partial charge in [0, 0.05) is 23.2 Å². The van der Waals surface area contributed by atoms with Crippen LogP contribution in [0.1, 0.15) is 23.6 Å². The van der Waals surface area contributed by atoms with Gasteiger partial charge in [0.05, 0.1) is 33.0 Å². The zero-order valence-corrected chi connectivity index (χ0v) is 18.4. The van der Waals surface area contributed by atoms with Crippen molar-refractivity contribution < 1.29 is 13.2 Å². The standard InChI is InChI=1S/C24H18Cl2F3N3/c1-2-22(30-13-15-5-3-6-16(11-15)24(27,28)29)18-7-4-8-23-19(18)14-31-32(23)17-9-10-20(25)21(26)12-17/h2-12,14,30H,13H2,1H3/b22-2-. The average Bonchev–Trinajstić information content (AvgIpc) is 3.20. The van der Waals surface area contributed by atoms with Gasteiger partial charge in [0.1, 0.15) is 0 Å². The van der Waals surface area contributed by atoms with E-state index in [1.165, 1.54) is 6.07 Å². The van der Waals surface area contributed by atoms with Gasteiger partial charge in [0.2, 0.25) is 0 Å². The summed E-state index contributed by atoms with van der Waals surface area (Å²) in [6.45, 7) is 2.12. The monoisotopic (exact) mass is 475 g/mol. The van der Waals surface area contributed by atoms with E-state index in [-0.39, 0.29) is 6.54 Å². The van der Waals surface area contributed by atoms with Crippen LogP contribution in [0.4, 0.5) is 13.2 Å². The number of aromatic nitrogens is 2. The number of alkyl halides is 3. The molecule has 0 saturated heterocycles. The second-order valence-corrected chi connectivity index (χ2v) is 7.96. The fraction of sp³-hybridized carbons (Fsp3) is 0.125. The summed E-state index contributed by atoms with van der Waals surface area (Å²) in [4.78, 5) is 0. The lowest BCUT2D eigenvalue weighted by Gasteiger charge is -2.14. The zero-order valence-electron chi connectivity index (χ0n) is 16.9. The minimum Gasteiger partial charge on any atom is -0.381 e. The fourth-order valence-electron chi connectivity index (χ4n) is 3.52. The number of fused-ring (bicyclic) bond motifs is 1. The normalized spacial score (nSPS) is 12.4. The molecule has 0 fully saturated rings. The first-order valence-corrected chi connectivity index (χ1v) is 10.5. The van der Waals surface area contributed by atoms with Gasteiger partial charge in [-0.3, -0.25) is 0 Å². The Hall–Kier alpha value is -2.96. The van der Waals surface area contributed by atoms with Gasteiger partial charge in [-0.05, 0) is 48.9 Å². The van der Waals surface area contributed by atoms with Crippen molar-refractivity contribution in [3.63, 3.8) is 0 Å². The van der Waals surface area contributed by atoms with Crippen LogP contribution in [-0.2, 0) is 12.7 Å². The number of allylic oxidation sites excluding steroid dienone is 1. The summed E-state index contributed by atoms with van der Waals surface area (Å²) < 4.78 is 40.8. The Bertz CT molecular complexity index is 1310. The third-order valence-electron chi connectivity index (χ3n) is 5.08. The minimum absolute atomic E-state index is 0.251. The Morgan fingerprint density at radius 1 is 1.03 bits per heavy atom. The number of nitrogens with one attached hydrogen (secondary N) is 1. The van der Waals surface area contributed by atoms with Crippen LogP contribution in [-0.4, -0.2) is 9.78 Å². The maximum Gasteiger partial charge on any atom is 0.416 e. The van der Waals surface area contributed by atoms with E-state index >= 15 is 0 Å². The molecule has 0 saturated carbocycles. The molecule has 0 aliphatic carbocycles. The van der Waals surface area contributed by atoms with E-state index in [1.807, 2.05) is 37.3 Å². The van der Waals surface area contributed by atoms with E-state index < -0.39 is 11.7 Å². The average molecular weight is 476 g/mol. The van der Waals surface area contributed by atoms with Crippen LogP contribution in [0.2, 0.25) is 10.0 Å². The van der Waals surface area contributed by atoms with Gasteiger partial charge in [-0.15, -0.1) is 0 Å². The molecule has 0 spiro atoms. The predicted octanol–water partition coefficient (Wildman–Crippen LogP) is 7.50. The van der Waals surface area contributed by atoms with Gasteiger partial charge in [0.25, 0.3) is 0 Å². The molecule has 3 aromatic carbocycles. The fourth-order valence-corrected chi connectivity index (χ4v) is 3.81. The highest BCUT2D eigenvalue weighted by Crippen LogP contribution is 2.31. The van der Waals surface area contributed by atoms with E-state index in [2.05, 4.69) is 10.4 Å². The Labute approximate surface area is 193 Å². The highest BCUT2D eigenvalue weighted by atomic mass is 35.5.